The molecule has 146 valence electrons. The van der Waals surface area contributed by atoms with Crippen molar-refractivity contribution in [3.05, 3.63) is 18.2 Å². The van der Waals surface area contributed by atoms with Crippen molar-refractivity contribution in [1.29, 1.82) is 0 Å². The Morgan fingerprint density at radius 3 is 2.85 bits per heavy atom. The number of amides is 1. The first-order valence-electron chi connectivity index (χ1n) is 9.11. The molecule has 2 heterocycles. The smallest absolute Gasteiger partial charge is 0.346 e. The van der Waals surface area contributed by atoms with E-state index >= 15 is 0 Å². The maximum Gasteiger partial charge on any atom is 0.405 e. The van der Waals surface area contributed by atoms with Gasteiger partial charge in [0.15, 0.2) is 0 Å². The van der Waals surface area contributed by atoms with E-state index in [-0.39, 0.29) is 18.0 Å². The fourth-order valence-corrected chi connectivity index (χ4v) is 3.98. The van der Waals surface area contributed by atoms with Crippen LogP contribution in [0, 0.1) is 5.41 Å². The lowest BCUT2D eigenvalue weighted by Crippen LogP contribution is -2.44. The van der Waals surface area contributed by atoms with Crippen LogP contribution in [0.15, 0.2) is 12.4 Å². The number of aromatic nitrogens is 2. The molecule has 1 atom stereocenters. The minimum Gasteiger partial charge on any atom is -0.346 e. The molecule has 1 aliphatic carbocycles. The molecule has 2 aliphatic rings. The summed E-state index contributed by atoms with van der Waals surface area (Å²) in [4.78, 5) is 18.5. The first-order valence-corrected chi connectivity index (χ1v) is 9.11. The number of alkyl halides is 3. The maximum absolute atomic E-state index is 12.4. The van der Waals surface area contributed by atoms with Gasteiger partial charge in [-0.15, -0.1) is 0 Å². The van der Waals surface area contributed by atoms with Gasteiger partial charge in [-0.25, -0.2) is 4.98 Å². The molecule has 3 rings (SSSR count). The summed E-state index contributed by atoms with van der Waals surface area (Å²) in [5.74, 6) is 0.250. The van der Waals surface area contributed by atoms with Crippen molar-refractivity contribution in [2.45, 2.75) is 51.5 Å². The largest absolute Gasteiger partial charge is 0.405 e. The van der Waals surface area contributed by atoms with Gasteiger partial charge < -0.3 is 15.2 Å². The van der Waals surface area contributed by atoms with E-state index in [9.17, 15) is 18.0 Å². The molecule has 1 amide bonds. The molecular weight excluding hydrogens is 347 g/mol. The summed E-state index contributed by atoms with van der Waals surface area (Å²) in [6.07, 6.45) is 2.28. The summed E-state index contributed by atoms with van der Waals surface area (Å²) < 4.78 is 39.1. The number of rotatable bonds is 7. The lowest BCUT2D eigenvalue weighted by Gasteiger charge is -2.29. The summed E-state index contributed by atoms with van der Waals surface area (Å²) in [5.41, 5.74) is 0.194. The van der Waals surface area contributed by atoms with Gasteiger partial charge in [0.2, 0.25) is 5.91 Å². The molecule has 1 aliphatic heterocycles. The average Bonchev–Trinajstić information content (AvgIpc) is 3.08. The predicted octanol–water partition coefficient (Wildman–Crippen LogP) is 1.53. The minimum absolute atomic E-state index is 0.0352. The van der Waals surface area contributed by atoms with Crippen molar-refractivity contribution < 1.29 is 18.0 Å². The molecule has 0 bridgehead atoms. The van der Waals surface area contributed by atoms with Crippen molar-refractivity contribution in [2.75, 3.05) is 26.2 Å². The zero-order valence-corrected chi connectivity index (χ0v) is 15.0. The topological polar surface area (TPSA) is 62.2 Å². The third-order valence-electron chi connectivity index (χ3n) is 5.51. The van der Waals surface area contributed by atoms with Gasteiger partial charge in [-0.1, -0.05) is 0 Å². The second kappa shape index (κ2) is 7.56. The summed E-state index contributed by atoms with van der Waals surface area (Å²) >= 11 is 0. The van der Waals surface area contributed by atoms with Crippen LogP contribution in [0.25, 0.3) is 0 Å². The highest BCUT2D eigenvalue weighted by atomic mass is 19.4. The number of imidazole rings is 1. The first kappa shape index (κ1) is 19.2. The number of carbonyl (C=O) groups is 1. The molecule has 1 aromatic heterocycles. The van der Waals surface area contributed by atoms with Crippen LogP contribution in [0.1, 0.15) is 32.0 Å². The SMILES string of the molecule is CCn1ccnc1CN(CC(=O)NCC(F)(F)F)[C@@H]1CC12CCNCC2. The van der Waals surface area contributed by atoms with E-state index in [1.807, 2.05) is 27.9 Å². The van der Waals surface area contributed by atoms with Crippen LogP contribution < -0.4 is 10.6 Å². The molecule has 9 heteroatoms. The second-order valence-electron chi connectivity index (χ2n) is 7.26. The Bertz CT molecular complexity index is 624. The number of aryl methyl sites for hydroxylation is 1. The standard InChI is InChI=1S/C17H26F3N5O/c1-2-24-8-7-22-14(24)10-25(11-15(26)23-12-17(18,19)20)13-9-16(13)3-5-21-6-4-16/h7-8,13,21H,2-6,9-12H2,1H3,(H,23,26)/t13-/m1/s1. The highest BCUT2D eigenvalue weighted by molar-refractivity contribution is 5.78. The number of halogens is 3. The van der Waals surface area contributed by atoms with Crippen molar-refractivity contribution in [1.82, 2.24) is 25.1 Å². The number of piperidine rings is 1. The molecule has 1 spiro atoms. The zero-order chi connectivity index (χ0) is 18.8. The number of nitrogens with one attached hydrogen (secondary N) is 2. The molecule has 0 radical (unpaired) electrons. The van der Waals surface area contributed by atoms with E-state index in [0.717, 1.165) is 44.7 Å². The molecule has 2 fully saturated rings. The van der Waals surface area contributed by atoms with E-state index in [2.05, 4.69) is 10.3 Å². The van der Waals surface area contributed by atoms with Crippen LogP contribution in [-0.2, 0) is 17.9 Å². The van der Waals surface area contributed by atoms with Crippen molar-refractivity contribution in [3.63, 3.8) is 0 Å². The highest BCUT2D eigenvalue weighted by Gasteiger charge is 2.56. The minimum atomic E-state index is -4.39. The first-order chi connectivity index (χ1) is 12.3. The van der Waals surface area contributed by atoms with Gasteiger partial charge in [0.05, 0.1) is 13.1 Å². The summed E-state index contributed by atoms with van der Waals surface area (Å²) in [6, 6.07) is 0.225. The van der Waals surface area contributed by atoms with Crippen LogP contribution in [0.4, 0.5) is 13.2 Å². The quantitative estimate of drug-likeness (QED) is 0.761. The third-order valence-corrected chi connectivity index (χ3v) is 5.51. The van der Waals surface area contributed by atoms with Gasteiger partial charge in [-0.2, -0.15) is 13.2 Å². The van der Waals surface area contributed by atoms with E-state index in [0.29, 0.717) is 6.54 Å². The average molecular weight is 373 g/mol. The second-order valence-corrected chi connectivity index (χ2v) is 7.26. The van der Waals surface area contributed by atoms with Gasteiger partial charge in [0.25, 0.3) is 0 Å². The molecule has 1 aromatic rings. The van der Waals surface area contributed by atoms with Gasteiger partial charge >= 0.3 is 6.18 Å². The normalized spacial score (nSPS) is 22.0. The van der Waals surface area contributed by atoms with E-state index in [1.54, 1.807) is 6.20 Å². The Morgan fingerprint density at radius 2 is 2.19 bits per heavy atom. The molecule has 2 N–H and O–H groups in total. The predicted molar refractivity (Wildman–Crippen MR) is 90.3 cm³/mol. The van der Waals surface area contributed by atoms with Gasteiger partial charge in [-0.3, -0.25) is 9.69 Å². The van der Waals surface area contributed by atoms with Gasteiger partial charge in [0, 0.05) is 25.0 Å². The molecule has 1 saturated heterocycles. The molecule has 6 nitrogen and oxygen atoms in total. The number of hydrogen-bond acceptors (Lipinski definition) is 4. The molecule has 0 unspecified atom stereocenters. The third kappa shape index (κ3) is 4.56. The lowest BCUT2D eigenvalue weighted by atomic mass is 9.93. The van der Waals surface area contributed by atoms with Crippen LogP contribution in [0.5, 0.6) is 0 Å². The molecule has 1 saturated carbocycles. The summed E-state index contributed by atoms with van der Waals surface area (Å²) in [6.45, 7) is 3.83. The Labute approximate surface area is 151 Å². The van der Waals surface area contributed by atoms with Crippen molar-refractivity contribution >= 4 is 5.91 Å². The summed E-state index contributed by atoms with van der Waals surface area (Å²) in [7, 11) is 0. The maximum atomic E-state index is 12.4. The van der Waals surface area contributed by atoms with Crippen molar-refractivity contribution in [2.24, 2.45) is 5.41 Å². The van der Waals surface area contributed by atoms with Gasteiger partial charge in [-0.05, 0) is 44.7 Å². The summed E-state index contributed by atoms with van der Waals surface area (Å²) in [5, 5.41) is 5.33. The number of nitrogens with zero attached hydrogens (tertiary/aromatic N) is 3. The van der Waals surface area contributed by atoms with Gasteiger partial charge in [0.1, 0.15) is 12.4 Å². The molecular formula is C17H26F3N5O. The fraction of sp³-hybridized carbons (Fsp3) is 0.765. The fourth-order valence-electron chi connectivity index (χ4n) is 3.98. The highest BCUT2D eigenvalue weighted by Crippen LogP contribution is 2.55. The van der Waals surface area contributed by atoms with Crippen LogP contribution in [-0.4, -0.2) is 58.8 Å². The Kier molecular flexibility index (Phi) is 5.57. The number of hydrogen-bond donors (Lipinski definition) is 2. The molecule has 26 heavy (non-hydrogen) atoms. The Hall–Kier alpha value is -1.61. The van der Waals surface area contributed by atoms with E-state index in [1.165, 1.54) is 0 Å². The van der Waals surface area contributed by atoms with Crippen LogP contribution >= 0.6 is 0 Å². The Morgan fingerprint density at radius 1 is 1.46 bits per heavy atom. The monoisotopic (exact) mass is 373 g/mol. The lowest BCUT2D eigenvalue weighted by molar-refractivity contribution is -0.139. The van der Waals surface area contributed by atoms with Crippen LogP contribution in [0.2, 0.25) is 0 Å². The van der Waals surface area contributed by atoms with E-state index in [4.69, 9.17) is 0 Å². The van der Waals surface area contributed by atoms with E-state index < -0.39 is 18.6 Å². The molecule has 0 aromatic carbocycles. The van der Waals surface area contributed by atoms with Crippen molar-refractivity contribution in [3.8, 4) is 0 Å². The van der Waals surface area contributed by atoms with Crippen LogP contribution in [0.3, 0.4) is 0 Å². The number of carbonyl (C=O) groups excluding carboxylic acids is 1. The zero-order valence-electron chi connectivity index (χ0n) is 15.0. The Balaban J connectivity index is 1.67.